The Balaban J connectivity index is 1.66. The Morgan fingerprint density at radius 2 is 1.93 bits per heavy atom. The Labute approximate surface area is 168 Å². The highest BCUT2D eigenvalue weighted by molar-refractivity contribution is 5.77. The van der Waals surface area contributed by atoms with Crippen LogP contribution in [-0.2, 0) is 20.0 Å². The summed E-state index contributed by atoms with van der Waals surface area (Å²) < 4.78 is 3.61. The van der Waals surface area contributed by atoms with E-state index in [-0.39, 0.29) is 5.69 Å². The van der Waals surface area contributed by atoms with Gasteiger partial charge in [-0.15, -0.1) is 10.2 Å². The Kier molecular flexibility index (Phi) is 5.07. The number of tetrazole rings is 1. The summed E-state index contributed by atoms with van der Waals surface area (Å²) in [6.07, 6.45) is 3.61. The normalized spacial score (nSPS) is 11.1. The van der Waals surface area contributed by atoms with E-state index in [1.165, 1.54) is 0 Å². The number of aromatic nitrogens is 7. The third-order valence-corrected chi connectivity index (χ3v) is 5.22. The highest BCUT2D eigenvalue weighted by atomic mass is 16.1. The highest BCUT2D eigenvalue weighted by Gasteiger charge is 2.15. The summed E-state index contributed by atoms with van der Waals surface area (Å²) in [4.78, 5) is 17.1. The van der Waals surface area contributed by atoms with Crippen LogP contribution in [0.15, 0.2) is 47.4 Å². The Morgan fingerprint density at radius 1 is 1.14 bits per heavy atom. The van der Waals surface area contributed by atoms with E-state index in [1.54, 1.807) is 10.8 Å². The van der Waals surface area contributed by atoms with Gasteiger partial charge in [0.2, 0.25) is 5.82 Å². The van der Waals surface area contributed by atoms with Crippen molar-refractivity contribution in [2.45, 2.75) is 33.2 Å². The molecule has 0 atom stereocenters. The van der Waals surface area contributed by atoms with E-state index in [4.69, 9.17) is 0 Å². The van der Waals surface area contributed by atoms with Gasteiger partial charge in [-0.3, -0.25) is 14.1 Å². The number of rotatable bonds is 6. The van der Waals surface area contributed by atoms with E-state index in [0.717, 1.165) is 40.9 Å². The molecule has 1 aromatic carbocycles. The molecular weight excluding hydrogens is 366 g/mol. The van der Waals surface area contributed by atoms with Gasteiger partial charge in [0, 0.05) is 30.2 Å². The number of pyridine rings is 1. The average Bonchev–Trinajstić information content (AvgIpc) is 3.35. The third-order valence-electron chi connectivity index (χ3n) is 5.22. The van der Waals surface area contributed by atoms with Crippen molar-refractivity contribution in [1.29, 1.82) is 0 Å². The second-order valence-corrected chi connectivity index (χ2v) is 7.04. The minimum absolute atomic E-state index is 0.0293. The van der Waals surface area contributed by atoms with Crippen molar-refractivity contribution in [3.05, 3.63) is 70.0 Å². The summed E-state index contributed by atoms with van der Waals surface area (Å²) in [6, 6.07) is 12.0. The Hall–Kier alpha value is -3.55. The second-order valence-electron chi connectivity index (χ2n) is 7.04. The summed E-state index contributed by atoms with van der Waals surface area (Å²) in [5, 5.41) is 14.2. The first-order valence-corrected chi connectivity index (χ1v) is 9.63. The van der Waals surface area contributed by atoms with Gasteiger partial charge in [0.15, 0.2) is 0 Å². The van der Waals surface area contributed by atoms with Gasteiger partial charge in [0.25, 0.3) is 0 Å². The van der Waals surface area contributed by atoms with Crippen molar-refractivity contribution in [1.82, 2.24) is 34.7 Å². The van der Waals surface area contributed by atoms with Crippen molar-refractivity contribution in [2.24, 2.45) is 7.05 Å². The SMILES string of the molecule is CCCc1c(C)n(C)c(=O)n1Cc1ccc(-c2cccnc2-c2nn[nH]n2)cc1. The minimum Gasteiger partial charge on any atom is -0.299 e. The van der Waals surface area contributed by atoms with Gasteiger partial charge in [-0.2, -0.15) is 5.21 Å². The molecule has 4 rings (SSSR count). The largest absolute Gasteiger partial charge is 0.328 e. The summed E-state index contributed by atoms with van der Waals surface area (Å²) in [6.45, 7) is 4.69. The Morgan fingerprint density at radius 3 is 2.62 bits per heavy atom. The lowest BCUT2D eigenvalue weighted by Gasteiger charge is -2.10. The van der Waals surface area contributed by atoms with Crippen LogP contribution in [0.2, 0.25) is 0 Å². The van der Waals surface area contributed by atoms with Crippen LogP contribution in [0.1, 0.15) is 30.3 Å². The molecule has 0 saturated heterocycles. The van der Waals surface area contributed by atoms with Crippen molar-refractivity contribution < 1.29 is 0 Å². The van der Waals surface area contributed by atoms with E-state index in [9.17, 15) is 4.79 Å². The third kappa shape index (κ3) is 3.49. The Bertz CT molecular complexity index is 1170. The summed E-state index contributed by atoms with van der Waals surface area (Å²) in [5.74, 6) is 0.459. The molecule has 0 aliphatic heterocycles. The number of hydrogen-bond acceptors (Lipinski definition) is 5. The second kappa shape index (κ2) is 7.83. The van der Waals surface area contributed by atoms with Crippen LogP contribution in [0.3, 0.4) is 0 Å². The fourth-order valence-electron chi connectivity index (χ4n) is 3.60. The molecule has 0 aliphatic carbocycles. The van der Waals surface area contributed by atoms with E-state index in [0.29, 0.717) is 18.1 Å². The van der Waals surface area contributed by atoms with Crippen LogP contribution in [0.4, 0.5) is 0 Å². The number of nitrogens with one attached hydrogen (secondary N) is 1. The van der Waals surface area contributed by atoms with Crippen LogP contribution >= 0.6 is 0 Å². The number of H-pyrrole nitrogens is 1. The van der Waals surface area contributed by atoms with E-state index < -0.39 is 0 Å². The van der Waals surface area contributed by atoms with Crippen molar-refractivity contribution in [3.63, 3.8) is 0 Å². The first-order chi connectivity index (χ1) is 14.1. The van der Waals surface area contributed by atoms with Gasteiger partial charge < -0.3 is 0 Å². The van der Waals surface area contributed by atoms with Crippen molar-refractivity contribution in [3.8, 4) is 22.6 Å². The molecule has 0 radical (unpaired) electrons. The van der Waals surface area contributed by atoms with E-state index in [2.05, 4.69) is 32.5 Å². The summed E-state index contributed by atoms with van der Waals surface area (Å²) in [7, 11) is 1.83. The smallest absolute Gasteiger partial charge is 0.299 e. The molecule has 0 unspecified atom stereocenters. The molecule has 29 heavy (non-hydrogen) atoms. The molecule has 148 valence electrons. The molecule has 0 aliphatic rings. The number of hydrogen-bond donors (Lipinski definition) is 1. The molecule has 0 amide bonds. The molecule has 4 aromatic rings. The number of nitrogens with zero attached hydrogens (tertiary/aromatic N) is 6. The molecule has 0 fully saturated rings. The topological polar surface area (TPSA) is 94.3 Å². The summed E-state index contributed by atoms with van der Waals surface area (Å²) >= 11 is 0. The minimum atomic E-state index is 0.0293. The summed E-state index contributed by atoms with van der Waals surface area (Å²) in [5.41, 5.74) is 5.86. The first-order valence-electron chi connectivity index (χ1n) is 9.63. The molecule has 0 bridgehead atoms. The van der Waals surface area contributed by atoms with Gasteiger partial charge >= 0.3 is 5.69 Å². The van der Waals surface area contributed by atoms with E-state index in [1.807, 2.05) is 54.9 Å². The van der Waals surface area contributed by atoms with Gasteiger partial charge in [-0.1, -0.05) is 43.7 Å². The fourth-order valence-corrected chi connectivity index (χ4v) is 3.60. The van der Waals surface area contributed by atoms with Crippen LogP contribution in [0.25, 0.3) is 22.6 Å². The maximum absolute atomic E-state index is 12.6. The lowest BCUT2D eigenvalue weighted by Crippen LogP contribution is -2.24. The molecule has 8 nitrogen and oxygen atoms in total. The molecule has 8 heteroatoms. The number of imidazole rings is 1. The lowest BCUT2D eigenvalue weighted by atomic mass is 10.0. The van der Waals surface area contributed by atoms with Gasteiger partial charge in [-0.05, 0) is 35.8 Å². The molecule has 0 saturated carbocycles. The molecule has 1 N–H and O–H groups in total. The zero-order valence-corrected chi connectivity index (χ0v) is 16.8. The van der Waals surface area contributed by atoms with Crippen LogP contribution in [-0.4, -0.2) is 34.7 Å². The first kappa shape index (κ1) is 18.8. The van der Waals surface area contributed by atoms with Crippen LogP contribution < -0.4 is 5.69 Å². The maximum atomic E-state index is 12.6. The molecular formula is C21H23N7O. The lowest BCUT2D eigenvalue weighted by molar-refractivity contribution is 0.681. The molecule has 3 heterocycles. The predicted molar refractivity (Wildman–Crippen MR) is 110 cm³/mol. The monoisotopic (exact) mass is 389 g/mol. The molecule has 3 aromatic heterocycles. The van der Waals surface area contributed by atoms with Crippen LogP contribution in [0.5, 0.6) is 0 Å². The standard InChI is InChI=1S/C21H23N7O/c1-4-6-18-14(2)27(3)21(29)28(18)13-15-8-10-16(11-9-15)17-7-5-12-22-19(17)20-23-25-26-24-20/h5,7-12H,4,6,13H2,1-3H3,(H,23,24,25,26). The highest BCUT2D eigenvalue weighted by Crippen LogP contribution is 2.28. The van der Waals surface area contributed by atoms with Crippen LogP contribution in [0, 0.1) is 6.92 Å². The fraction of sp³-hybridized carbons (Fsp3) is 0.286. The van der Waals surface area contributed by atoms with Gasteiger partial charge in [-0.25, -0.2) is 4.79 Å². The van der Waals surface area contributed by atoms with Crippen molar-refractivity contribution >= 4 is 0 Å². The van der Waals surface area contributed by atoms with Gasteiger partial charge in [0.05, 0.1) is 6.54 Å². The van der Waals surface area contributed by atoms with Gasteiger partial charge in [0.1, 0.15) is 5.69 Å². The quantitative estimate of drug-likeness (QED) is 0.547. The van der Waals surface area contributed by atoms with E-state index >= 15 is 0 Å². The number of aromatic amines is 1. The average molecular weight is 389 g/mol. The van der Waals surface area contributed by atoms with Crippen molar-refractivity contribution in [2.75, 3.05) is 0 Å². The zero-order chi connectivity index (χ0) is 20.4. The number of benzene rings is 1. The predicted octanol–water partition coefficient (Wildman–Crippen LogP) is 2.74. The maximum Gasteiger partial charge on any atom is 0.328 e. The molecule has 0 spiro atoms. The zero-order valence-electron chi connectivity index (χ0n) is 16.8.